The molecule has 0 saturated heterocycles. The SMILES string of the molecule is CCN(CCC#N)c1ncc(Cl)cn1. The van der Waals surface area contributed by atoms with E-state index >= 15 is 0 Å². The van der Waals surface area contributed by atoms with Gasteiger partial charge in [0.1, 0.15) is 0 Å². The third kappa shape index (κ3) is 2.86. The normalized spacial score (nSPS) is 9.50. The topological polar surface area (TPSA) is 52.8 Å². The first kappa shape index (κ1) is 10.7. The van der Waals surface area contributed by atoms with Crippen LogP contribution in [-0.2, 0) is 0 Å². The summed E-state index contributed by atoms with van der Waals surface area (Å²) >= 11 is 5.67. The quantitative estimate of drug-likeness (QED) is 0.762. The lowest BCUT2D eigenvalue weighted by molar-refractivity contribution is 0.790. The Morgan fingerprint density at radius 2 is 2.14 bits per heavy atom. The van der Waals surface area contributed by atoms with Gasteiger partial charge in [0.2, 0.25) is 5.95 Å². The molecule has 14 heavy (non-hydrogen) atoms. The van der Waals surface area contributed by atoms with Crippen molar-refractivity contribution in [1.82, 2.24) is 9.97 Å². The molecule has 5 heteroatoms. The maximum absolute atomic E-state index is 8.46. The maximum atomic E-state index is 8.46. The highest BCUT2D eigenvalue weighted by molar-refractivity contribution is 6.30. The van der Waals surface area contributed by atoms with Gasteiger partial charge in [0.25, 0.3) is 0 Å². The minimum absolute atomic E-state index is 0.472. The van der Waals surface area contributed by atoms with Crippen molar-refractivity contribution in [2.75, 3.05) is 18.0 Å². The lowest BCUT2D eigenvalue weighted by Crippen LogP contribution is -2.25. The van der Waals surface area contributed by atoms with E-state index in [0.29, 0.717) is 23.9 Å². The van der Waals surface area contributed by atoms with Crippen LogP contribution in [0.1, 0.15) is 13.3 Å². The number of aromatic nitrogens is 2. The van der Waals surface area contributed by atoms with E-state index < -0.39 is 0 Å². The van der Waals surface area contributed by atoms with Gasteiger partial charge in [-0.2, -0.15) is 5.26 Å². The third-order valence-corrected chi connectivity index (χ3v) is 1.96. The van der Waals surface area contributed by atoms with Gasteiger partial charge in [0.05, 0.1) is 29.9 Å². The van der Waals surface area contributed by atoms with Crippen LogP contribution >= 0.6 is 11.6 Å². The smallest absolute Gasteiger partial charge is 0.225 e. The molecule has 1 heterocycles. The number of rotatable bonds is 4. The van der Waals surface area contributed by atoms with Gasteiger partial charge in [-0.1, -0.05) is 11.6 Å². The Morgan fingerprint density at radius 1 is 1.50 bits per heavy atom. The molecule has 1 aromatic heterocycles. The van der Waals surface area contributed by atoms with Crippen molar-refractivity contribution in [3.63, 3.8) is 0 Å². The van der Waals surface area contributed by atoms with Gasteiger partial charge >= 0.3 is 0 Å². The Labute approximate surface area is 88.2 Å². The molecule has 0 aliphatic carbocycles. The van der Waals surface area contributed by atoms with Crippen LogP contribution in [0.2, 0.25) is 5.02 Å². The van der Waals surface area contributed by atoms with Crippen LogP contribution in [0.5, 0.6) is 0 Å². The summed E-state index contributed by atoms with van der Waals surface area (Å²) in [7, 11) is 0. The second-order valence-electron chi connectivity index (χ2n) is 2.69. The third-order valence-electron chi connectivity index (χ3n) is 1.76. The predicted octanol–water partition coefficient (Wildman–Crippen LogP) is 1.87. The largest absolute Gasteiger partial charge is 0.340 e. The minimum Gasteiger partial charge on any atom is -0.340 e. The average molecular weight is 211 g/mol. The molecule has 0 aromatic carbocycles. The highest BCUT2D eigenvalue weighted by Gasteiger charge is 2.05. The van der Waals surface area contributed by atoms with Crippen LogP contribution in [0.4, 0.5) is 5.95 Å². The fourth-order valence-corrected chi connectivity index (χ4v) is 1.15. The van der Waals surface area contributed by atoms with Crippen LogP contribution in [0, 0.1) is 11.3 Å². The molecule has 0 aliphatic rings. The molecule has 0 bridgehead atoms. The molecule has 0 aliphatic heterocycles. The zero-order valence-electron chi connectivity index (χ0n) is 7.94. The van der Waals surface area contributed by atoms with E-state index in [9.17, 15) is 0 Å². The van der Waals surface area contributed by atoms with Gasteiger partial charge in [-0.3, -0.25) is 0 Å². The molecule has 0 radical (unpaired) electrons. The fraction of sp³-hybridized carbons (Fsp3) is 0.444. The van der Waals surface area contributed by atoms with Crippen LogP contribution < -0.4 is 4.90 Å². The van der Waals surface area contributed by atoms with Crippen molar-refractivity contribution in [3.8, 4) is 6.07 Å². The molecule has 4 nitrogen and oxygen atoms in total. The van der Waals surface area contributed by atoms with Gasteiger partial charge in [-0.15, -0.1) is 0 Å². The Hall–Kier alpha value is -1.34. The summed E-state index contributed by atoms with van der Waals surface area (Å²) < 4.78 is 0. The van der Waals surface area contributed by atoms with Gasteiger partial charge < -0.3 is 4.90 Å². The Morgan fingerprint density at radius 3 is 2.64 bits per heavy atom. The molecule has 1 aromatic rings. The van der Waals surface area contributed by atoms with Gasteiger partial charge in [-0.05, 0) is 6.92 Å². The van der Waals surface area contributed by atoms with E-state index in [0.717, 1.165) is 6.54 Å². The molecule has 0 atom stereocenters. The molecule has 1 rings (SSSR count). The van der Waals surface area contributed by atoms with Crippen molar-refractivity contribution in [2.24, 2.45) is 0 Å². The first-order valence-electron chi connectivity index (χ1n) is 4.37. The molecular formula is C9H11ClN4. The van der Waals surface area contributed by atoms with Gasteiger partial charge in [0, 0.05) is 13.1 Å². The summed E-state index contributed by atoms with van der Waals surface area (Å²) in [6.07, 6.45) is 3.58. The van der Waals surface area contributed by atoms with E-state index in [1.54, 1.807) is 12.4 Å². The van der Waals surface area contributed by atoms with Crippen molar-refractivity contribution in [1.29, 1.82) is 5.26 Å². The number of anilines is 1. The van der Waals surface area contributed by atoms with Crippen LogP contribution in [0.15, 0.2) is 12.4 Å². The number of nitriles is 1. The van der Waals surface area contributed by atoms with Crippen LogP contribution in [0.3, 0.4) is 0 Å². The highest BCUT2D eigenvalue weighted by Crippen LogP contribution is 2.10. The molecule has 0 spiro atoms. The van der Waals surface area contributed by atoms with E-state index in [-0.39, 0.29) is 0 Å². The Bertz CT molecular complexity index is 317. The predicted molar refractivity (Wildman–Crippen MR) is 55.2 cm³/mol. The lowest BCUT2D eigenvalue weighted by atomic mass is 10.4. The average Bonchev–Trinajstić information content (AvgIpc) is 2.21. The monoisotopic (exact) mass is 210 g/mol. The summed E-state index contributed by atoms with van der Waals surface area (Å²) in [4.78, 5) is 10.1. The molecular weight excluding hydrogens is 200 g/mol. The maximum Gasteiger partial charge on any atom is 0.225 e. The number of hydrogen-bond donors (Lipinski definition) is 0. The Balaban J connectivity index is 2.69. The van der Waals surface area contributed by atoms with Crippen molar-refractivity contribution >= 4 is 17.5 Å². The van der Waals surface area contributed by atoms with Gasteiger partial charge in [0.15, 0.2) is 0 Å². The number of halogens is 1. The number of nitrogens with zero attached hydrogens (tertiary/aromatic N) is 4. The summed E-state index contributed by atoms with van der Waals surface area (Å²) in [6.45, 7) is 3.42. The lowest BCUT2D eigenvalue weighted by Gasteiger charge is -2.18. The van der Waals surface area contributed by atoms with Crippen molar-refractivity contribution in [2.45, 2.75) is 13.3 Å². The highest BCUT2D eigenvalue weighted by atomic mass is 35.5. The van der Waals surface area contributed by atoms with Crippen molar-refractivity contribution < 1.29 is 0 Å². The second kappa shape index (κ2) is 5.40. The number of hydrogen-bond acceptors (Lipinski definition) is 4. The zero-order valence-corrected chi connectivity index (χ0v) is 8.70. The molecule has 0 N–H and O–H groups in total. The van der Waals surface area contributed by atoms with Gasteiger partial charge in [-0.25, -0.2) is 9.97 Å². The van der Waals surface area contributed by atoms with E-state index in [2.05, 4.69) is 16.0 Å². The fourth-order valence-electron chi connectivity index (χ4n) is 1.05. The molecule has 0 amide bonds. The summed E-state index contributed by atoms with van der Waals surface area (Å²) in [6, 6.07) is 2.09. The molecule has 0 saturated carbocycles. The van der Waals surface area contributed by atoms with Crippen molar-refractivity contribution in [3.05, 3.63) is 17.4 Å². The molecule has 74 valence electrons. The summed E-state index contributed by atoms with van der Waals surface area (Å²) in [5.74, 6) is 0.618. The van der Waals surface area contributed by atoms with Crippen LogP contribution in [-0.4, -0.2) is 23.1 Å². The first-order valence-corrected chi connectivity index (χ1v) is 4.75. The summed E-state index contributed by atoms with van der Waals surface area (Å²) in [5.41, 5.74) is 0. The van der Waals surface area contributed by atoms with E-state index in [4.69, 9.17) is 16.9 Å². The minimum atomic E-state index is 0.472. The Kier molecular flexibility index (Phi) is 4.14. The molecule has 0 unspecified atom stereocenters. The summed E-state index contributed by atoms with van der Waals surface area (Å²) in [5, 5.41) is 8.98. The molecule has 0 fully saturated rings. The second-order valence-corrected chi connectivity index (χ2v) is 3.13. The van der Waals surface area contributed by atoms with E-state index in [1.807, 2.05) is 11.8 Å². The first-order chi connectivity index (χ1) is 6.77. The zero-order chi connectivity index (χ0) is 10.4. The standard InChI is InChI=1S/C9H11ClN4/c1-2-14(5-3-4-11)9-12-6-8(10)7-13-9/h6-7H,2-3,5H2,1H3. The van der Waals surface area contributed by atoms with Crippen LogP contribution in [0.25, 0.3) is 0 Å². The van der Waals surface area contributed by atoms with E-state index in [1.165, 1.54) is 0 Å².